The Morgan fingerprint density at radius 3 is 2.50 bits per heavy atom. The van der Waals surface area contributed by atoms with Crippen molar-refractivity contribution in [3.05, 3.63) is 81.4 Å². The van der Waals surface area contributed by atoms with Crippen LogP contribution in [-0.2, 0) is 19.2 Å². The average Bonchev–Trinajstić information content (AvgIpc) is 3.20. The number of methoxy groups -OCH3 is 1. The summed E-state index contributed by atoms with van der Waals surface area (Å²) in [5, 5.41) is 30.2. The van der Waals surface area contributed by atoms with Crippen LogP contribution in [0.15, 0.2) is 75.8 Å². The highest BCUT2D eigenvalue weighted by molar-refractivity contribution is 9.12. The van der Waals surface area contributed by atoms with Crippen LogP contribution in [0.2, 0.25) is 0 Å². The number of amides is 2. The minimum absolute atomic E-state index is 0.0888. The van der Waals surface area contributed by atoms with Crippen molar-refractivity contribution in [2.24, 2.45) is 17.8 Å². The highest BCUT2D eigenvalue weighted by Gasteiger charge is 2.57. The molecule has 1 heterocycles. The Kier molecular flexibility index (Phi) is 6.40. The number of rotatable bonds is 4. The Labute approximate surface area is 237 Å². The molecule has 2 amide bonds. The molecule has 0 saturated carbocycles. The van der Waals surface area contributed by atoms with Crippen LogP contribution < -0.4 is 15.1 Å². The van der Waals surface area contributed by atoms with Gasteiger partial charge in [-0.05, 0) is 58.4 Å². The summed E-state index contributed by atoms with van der Waals surface area (Å²) in [5.74, 6) is -4.17. The van der Waals surface area contributed by atoms with Gasteiger partial charge in [0.15, 0.2) is 11.6 Å². The second-order valence-electron chi connectivity index (χ2n) is 10.3. The van der Waals surface area contributed by atoms with Crippen LogP contribution in [0, 0.1) is 17.8 Å². The number of benzene rings is 2. The Bertz CT molecular complexity index is 1610. The number of ether oxygens (including phenoxy) is 1. The number of hydrogen-bond donors (Lipinski definition) is 3. The third-order valence-electron chi connectivity index (χ3n) is 8.31. The molecule has 3 aliphatic carbocycles. The Hall–Kier alpha value is -3.80. The number of phenolic OH excluding ortho intramolecular Hbond substituents is 1. The number of imide groups is 1. The Balaban J connectivity index is 1.48. The molecule has 4 atom stereocenters. The molecule has 9 nitrogen and oxygen atoms in total. The molecular weight excluding hydrogens is 581 g/mol. The summed E-state index contributed by atoms with van der Waals surface area (Å²) in [6.45, 7) is 0. The predicted octanol–water partition coefficient (Wildman–Crippen LogP) is 2.05. The first-order chi connectivity index (χ1) is 19.1. The summed E-state index contributed by atoms with van der Waals surface area (Å²) < 4.78 is 5.33. The fourth-order valence-electron chi connectivity index (χ4n) is 6.54. The lowest BCUT2D eigenvalue weighted by Gasteiger charge is -2.42. The minimum Gasteiger partial charge on any atom is -0.507 e. The fraction of sp³-hybridized carbons (Fsp3) is 0.241. The van der Waals surface area contributed by atoms with Crippen LogP contribution >= 0.6 is 15.9 Å². The van der Waals surface area contributed by atoms with E-state index in [0.717, 1.165) is 4.90 Å². The van der Waals surface area contributed by atoms with Crippen LogP contribution in [0.1, 0.15) is 24.3 Å². The first-order valence-electron chi connectivity index (χ1n) is 12.7. The van der Waals surface area contributed by atoms with Gasteiger partial charge in [0.1, 0.15) is 11.5 Å². The number of aromatic hydroxyl groups is 1. The van der Waals surface area contributed by atoms with E-state index in [9.17, 15) is 34.3 Å². The largest absolute Gasteiger partial charge is 0.507 e. The maximum absolute atomic E-state index is 13.9. The normalized spacial score (nSPS) is 25.8. The second-order valence-corrected chi connectivity index (χ2v) is 11.2. The van der Waals surface area contributed by atoms with E-state index >= 15 is 0 Å². The van der Waals surface area contributed by atoms with E-state index in [1.807, 2.05) is 6.08 Å². The summed E-state index contributed by atoms with van der Waals surface area (Å²) in [6.07, 6.45) is 3.41. The SMILES string of the molecule is COc1ccc(C2C3=CCC4C(=O)N(c5cccc(B(O)O)c5)C(=O)C4C3CC3=C2C(=O)C=C(Br)C3=O)c(O)c1. The fourth-order valence-corrected chi connectivity index (χ4v) is 6.98. The molecule has 0 radical (unpaired) electrons. The molecule has 3 N–H and O–H groups in total. The zero-order valence-corrected chi connectivity index (χ0v) is 22.8. The van der Waals surface area contributed by atoms with E-state index in [2.05, 4.69) is 15.9 Å². The van der Waals surface area contributed by atoms with Gasteiger partial charge in [-0.2, -0.15) is 0 Å². The van der Waals surface area contributed by atoms with Gasteiger partial charge in [-0.3, -0.25) is 24.1 Å². The molecule has 0 bridgehead atoms. The molecule has 6 rings (SSSR count). The van der Waals surface area contributed by atoms with E-state index in [-0.39, 0.29) is 56.9 Å². The number of carbonyl (C=O) groups excluding carboxylic acids is 4. The molecule has 0 spiro atoms. The molecule has 2 aromatic rings. The van der Waals surface area contributed by atoms with E-state index in [0.29, 0.717) is 16.9 Å². The second kappa shape index (κ2) is 9.69. The maximum atomic E-state index is 13.9. The summed E-state index contributed by atoms with van der Waals surface area (Å²) >= 11 is 3.20. The average molecular weight is 604 g/mol. The highest BCUT2D eigenvalue weighted by Crippen LogP contribution is 2.56. The smallest absolute Gasteiger partial charge is 0.488 e. The van der Waals surface area contributed by atoms with Gasteiger partial charge in [0.05, 0.1) is 29.1 Å². The number of phenols is 1. The van der Waals surface area contributed by atoms with Gasteiger partial charge < -0.3 is 19.9 Å². The zero-order valence-electron chi connectivity index (χ0n) is 21.2. The summed E-state index contributed by atoms with van der Waals surface area (Å²) in [5.41, 5.74) is 1.98. The van der Waals surface area contributed by atoms with Gasteiger partial charge in [0.2, 0.25) is 11.8 Å². The third kappa shape index (κ3) is 3.91. The van der Waals surface area contributed by atoms with Crippen LogP contribution in [-0.4, -0.2) is 52.8 Å². The minimum atomic E-state index is -1.77. The molecule has 202 valence electrons. The Morgan fingerprint density at radius 2 is 1.80 bits per heavy atom. The van der Waals surface area contributed by atoms with Crippen molar-refractivity contribution in [3.8, 4) is 11.5 Å². The number of allylic oxidation sites excluding steroid dienone is 6. The summed E-state index contributed by atoms with van der Waals surface area (Å²) in [4.78, 5) is 55.3. The number of Topliss-reactive ketones (excluding diaryl/α,β-unsaturated/α-hetero) is 1. The van der Waals surface area contributed by atoms with Gasteiger partial charge in [0.25, 0.3) is 0 Å². The Morgan fingerprint density at radius 1 is 1.02 bits per heavy atom. The molecule has 40 heavy (non-hydrogen) atoms. The molecule has 2 aromatic carbocycles. The van der Waals surface area contributed by atoms with E-state index in [1.54, 1.807) is 18.2 Å². The van der Waals surface area contributed by atoms with Gasteiger partial charge in [-0.25, -0.2) is 0 Å². The van der Waals surface area contributed by atoms with Crippen molar-refractivity contribution in [2.75, 3.05) is 12.0 Å². The van der Waals surface area contributed by atoms with Crippen molar-refractivity contribution >= 4 is 57.6 Å². The van der Waals surface area contributed by atoms with E-state index in [4.69, 9.17) is 4.74 Å². The zero-order chi connectivity index (χ0) is 28.5. The molecule has 11 heteroatoms. The number of carbonyl (C=O) groups is 4. The number of ketones is 2. The molecule has 4 unspecified atom stereocenters. The molecule has 1 saturated heterocycles. The van der Waals surface area contributed by atoms with Crippen molar-refractivity contribution < 1.29 is 39.1 Å². The number of hydrogen-bond acceptors (Lipinski definition) is 8. The number of nitrogens with zero attached hydrogens (tertiary/aromatic N) is 1. The van der Waals surface area contributed by atoms with Crippen molar-refractivity contribution in [3.63, 3.8) is 0 Å². The molecule has 0 aromatic heterocycles. The topological polar surface area (TPSA) is 141 Å². The highest BCUT2D eigenvalue weighted by atomic mass is 79.9. The van der Waals surface area contributed by atoms with Crippen LogP contribution in [0.3, 0.4) is 0 Å². The third-order valence-corrected chi connectivity index (χ3v) is 8.90. The monoisotopic (exact) mass is 603 g/mol. The van der Waals surface area contributed by atoms with Crippen molar-refractivity contribution in [2.45, 2.75) is 18.8 Å². The number of halogens is 1. The number of anilines is 1. The van der Waals surface area contributed by atoms with Gasteiger partial charge >= 0.3 is 7.12 Å². The molecule has 4 aliphatic rings. The lowest BCUT2D eigenvalue weighted by atomic mass is 9.59. The maximum Gasteiger partial charge on any atom is 0.488 e. The standard InChI is InChI=1S/C29H23BBrNO8/c1-40-15-5-6-17(22(33)10-15)24-16-7-8-18-25(19(16)11-20-26(24)23(34)12-21(31)27(20)35)29(37)32(28(18)36)14-4-2-3-13(9-14)30(38)39/h2-7,9-10,12,18-19,24-25,33,38-39H,8,11H2,1H3. The summed E-state index contributed by atoms with van der Waals surface area (Å²) in [6, 6.07) is 10.7. The van der Waals surface area contributed by atoms with Crippen molar-refractivity contribution in [1.82, 2.24) is 0 Å². The lowest BCUT2D eigenvalue weighted by Crippen LogP contribution is -2.39. The first kappa shape index (κ1) is 26.4. The van der Waals surface area contributed by atoms with E-state index in [1.165, 1.54) is 37.5 Å². The molecular formula is C29H23BBrNO8. The molecule has 1 fully saturated rings. The number of fused-ring (bicyclic) bond motifs is 3. The van der Waals surface area contributed by atoms with E-state index < -0.39 is 42.6 Å². The lowest BCUT2D eigenvalue weighted by molar-refractivity contribution is -0.123. The van der Waals surface area contributed by atoms with Crippen LogP contribution in [0.25, 0.3) is 0 Å². The quantitative estimate of drug-likeness (QED) is 0.209. The predicted molar refractivity (Wildman–Crippen MR) is 148 cm³/mol. The molecule has 1 aliphatic heterocycles. The van der Waals surface area contributed by atoms with Gasteiger partial charge in [-0.15, -0.1) is 0 Å². The van der Waals surface area contributed by atoms with Crippen LogP contribution in [0.5, 0.6) is 11.5 Å². The van der Waals surface area contributed by atoms with Gasteiger partial charge in [0, 0.05) is 34.8 Å². The summed E-state index contributed by atoms with van der Waals surface area (Å²) in [7, 11) is -0.307. The van der Waals surface area contributed by atoms with Gasteiger partial charge in [-0.1, -0.05) is 29.8 Å². The first-order valence-corrected chi connectivity index (χ1v) is 13.5. The van der Waals surface area contributed by atoms with Crippen LogP contribution in [0.4, 0.5) is 5.69 Å². The van der Waals surface area contributed by atoms with Crippen molar-refractivity contribution in [1.29, 1.82) is 0 Å².